The van der Waals surface area contributed by atoms with Gasteiger partial charge in [-0.15, -0.1) is 11.3 Å². The summed E-state index contributed by atoms with van der Waals surface area (Å²) in [7, 11) is 0. The standard InChI is InChI=1S/C53H56F3N7O7S2/c1-33-45(72-32-59-33)37-11-9-34(10-12-37)30-58-47(65)43-8-7-23-61(43)48(66)46(51(2,3)4)60-44(64)31-69-25-24-68-26-27-70-41-21-16-36(17-22-41)35-13-18-39(19-14-35)63-50(71)62(49(67)52(63,5)6)40-20-15-38(29-57)42(28-40)53(54,55)56/h9-22,28,32,43,46H,7-8,23-27,30-31H2,1-6H3,(H,58,65)(H,60,64)/t43-,46+/m0/s1. The number of carbonyl (C=O) groups excluding carboxylic acids is 4. The minimum absolute atomic E-state index is 0.00431. The molecule has 0 saturated carbocycles. The van der Waals surface area contributed by atoms with Crippen molar-refractivity contribution in [3.63, 3.8) is 0 Å². The number of aryl methyl sites for hydroxylation is 1. The number of aromatic nitrogens is 1. The van der Waals surface area contributed by atoms with Gasteiger partial charge >= 0.3 is 6.18 Å². The summed E-state index contributed by atoms with van der Waals surface area (Å²) in [5.41, 5.74) is 3.43. The number of ether oxygens (including phenoxy) is 3. The van der Waals surface area contributed by atoms with Crippen LogP contribution in [0.25, 0.3) is 21.6 Å². The van der Waals surface area contributed by atoms with Gasteiger partial charge in [0.15, 0.2) is 5.11 Å². The molecule has 0 aliphatic carbocycles. The Labute approximate surface area is 426 Å². The molecule has 0 bridgehead atoms. The summed E-state index contributed by atoms with van der Waals surface area (Å²) in [5, 5.41) is 15.1. The molecule has 2 N–H and O–H groups in total. The second-order valence-corrected chi connectivity index (χ2v) is 20.2. The number of anilines is 2. The van der Waals surface area contributed by atoms with Crippen LogP contribution in [0.2, 0.25) is 0 Å². The first-order chi connectivity index (χ1) is 34.2. The molecule has 378 valence electrons. The van der Waals surface area contributed by atoms with E-state index >= 15 is 0 Å². The number of nitrogens with zero attached hydrogens (tertiary/aromatic N) is 5. The lowest BCUT2D eigenvalue weighted by Gasteiger charge is -2.35. The fourth-order valence-corrected chi connectivity index (χ4v) is 9.92. The van der Waals surface area contributed by atoms with Crippen LogP contribution >= 0.6 is 23.6 Å². The second kappa shape index (κ2) is 22.4. The van der Waals surface area contributed by atoms with Crippen molar-refractivity contribution in [3.8, 4) is 33.4 Å². The van der Waals surface area contributed by atoms with E-state index in [1.807, 2.05) is 93.9 Å². The molecule has 2 aliphatic heterocycles. The molecule has 7 rings (SSSR count). The zero-order chi connectivity index (χ0) is 52.0. The zero-order valence-electron chi connectivity index (χ0n) is 40.8. The van der Waals surface area contributed by atoms with Crippen molar-refractivity contribution in [2.24, 2.45) is 5.41 Å². The normalized spacial score (nSPS) is 16.2. The highest BCUT2D eigenvalue weighted by molar-refractivity contribution is 7.81. The van der Waals surface area contributed by atoms with Crippen LogP contribution in [0.15, 0.2) is 96.5 Å². The molecule has 1 aromatic heterocycles. The summed E-state index contributed by atoms with van der Waals surface area (Å²) in [6.45, 7) is 12.1. The van der Waals surface area contributed by atoms with E-state index in [1.54, 1.807) is 53.2 Å². The van der Waals surface area contributed by atoms with Crippen molar-refractivity contribution in [2.75, 3.05) is 49.4 Å². The Morgan fingerprint density at radius 1 is 0.903 bits per heavy atom. The van der Waals surface area contributed by atoms with E-state index in [2.05, 4.69) is 15.6 Å². The molecule has 2 saturated heterocycles. The SMILES string of the molecule is Cc1ncsc1-c1ccc(CNC(=O)[C@@H]2CCCN2C(=O)[C@@H](NC(=O)COCCOCCOc2ccc(-c3ccc(N4C(=S)N(c5ccc(C#N)c(C(F)(F)F)c5)C(=O)C4(C)C)cc3)cc2)C(C)(C)C)cc1. The number of thiocarbonyl (C=S) groups is 1. The highest BCUT2D eigenvalue weighted by Crippen LogP contribution is 2.40. The van der Waals surface area contributed by atoms with Crippen molar-refractivity contribution in [2.45, 2.75) is 84.7 Å². The van der Waals surface area contributed by atoms with Crippen LogP contribution in [0.5, 0.6) is 5.75 Å². The number of alkyl halides is 3. The second-order valence-electron chi connectivity index (χ2n) is 19.0. The lowest BCUT2D eigenvalue weighted by Crippen LogP contribution is -2.58. The Morgan fingerprint density at radius 3 is 2.15 bits per heavy atom. The molecule has 3 heterocycles. The molecule has 2 fully saturated rings. The van der Waals surface area contributed by atoms with Crippen LogP contribution in [0, 0.1) is 23.7 Å². The molecule has 14 nitrogen and oxygen atoms in total. The van der Waals surface area contributed by atoms with Crippen molar-refractivity contribution in [1.82, 2.24) is 20.5 Å². The van der Waals surface area contributed by atoms with Gasteiger partial charge in [0.1, 0.15) is 36.6 Å². The fraction of sp³-hybridized carbons (Fsp3) is 0.377. The number of nitriles is 1. The smallest absolute Gasteiger partial charge is 0.417 e. The van der Waals surface area contributed by atoms with Gasteiger partial charge in [-0.3, -0.25) is 24.1 Å². The average molecular weight is 1020 g/mol. The number of amides is 4. The summed E-state index contributed by atoms with van der Waals surface area (Å²) < 4.78 is 58.3. The number of thiazole rings is 1. The molecule has 0 spiro atoms. The van der Waals surface area contributed by atoms with Crippen LogP contribution in [0.1, 0.15) is 69.8 Å². The van der Waals surface area contributed by atoms with Gasteiger partial charge in [0, 0.05) is 18.8 Å². The monoisotopic (exact) mass is 1020 g/mol. The van der Waals surface area contributed by atoms with E-state index in [-0.39, 0.29) is 55.6 Å². The molecule has 0 unspecified atom stereocenters. The van der Waals surface area contributed by atoms with E-state index < -0.39 is 52.2 Å². The molecular weight excluding hydrogens is 968 g/mol. The average Bonchev–Trinajstić information content (AvgIpc) is 4.06. The highest BCUT2D eigenvalue weighted by Gasteiger charge is 2.51. The van der Waals surface area contributed by atoms with Crippen molar-refractivity contribution in [3.05, 3.63) is 119 Å². The number of hydrogen-bond acceptors (Lipinski definition) is 11. The number of rotatable bonds is 18. The van der Waals surface area contributed by atoms with Gasteiger partial charge in [-0.05, 0) is 116 Å². The summed E-state index contributed by atoms with van der Waals surface area (Å²) in [6.07, 6.45) is -3.60. The summed E-state index contributed by atoms with van der Waals surface area (Å²) in [4.78, 5) is 63.6. The first-order valence-electron chi connectivity index (χ1n) is 23.3. The van der Waals surface area contributed by atoms with Gasteiger partial charge < -0.3 is 34.6 Å². The summed E-state index contributed by atoms with van der Waals surface area (Å²) >= 11 is 7.25. The van der Waals surface area contributed by atoms with Crippen LogP contribution in [-0.2, 0) is 41.4 Å². The van der Waals surface area contributed by atoms with Crippen LogP contribution < -0.4 is 25.2 Å². The Hall–Kier alpha value is -6.72. The van der Waals surface area contributed by atoms with Crippen LogP contribution in [0.4, 0.5) is 24.5 Å². The number of likely N-dealkylation sites (tertiary alicyclic amines) is 1. The molecular formula is C53H56F3N7O7S2. The van der Waals surface area contributed by atoms with Gasteiger partial charge in [0.25, 0.3) is 5.91 Å². The third-order valence-corrected chi connectivity index (χ3v) is 13.8. The third kappa shape index (κ3) is 12.1. The summed E-state index contributed by atoms with van der Waals surface area (Å²) in [5.74, 6) is -0.910. The van der Waals surface area contributed by atoms with Crippen molar-refractivity contribution >= 4 is 63.7 Å². The number of halogens is 3. The Bertz CT molecular complexity index is 2820. The molecule has 72 heavy (non-hydrogen) atoms. The van der Waals surface area contributed by atoms with Crippen LogP contribution in [-0.4, -0.2) is 95.8 Å². The van der Waals surface area contributed by atoms with E-state index in [1.165, 1.54) is 6.07 Å². The lowest BCUT2D eigenvalue weighted by atomic mass is 9.85. The molecule has 2 aliphatic rings. The van der Waals surface area contributed by atoms with E-state index in [0.717, 1.165) is 49.9 Å². The molecule has 4 aromatic carbocycles. The predicted molar refractivity (Wildman–Crippen MR) is 272 cm³/mol. The van der Waals surface area contributed by atoms with Gasteiger partial charge in [0.05, 0.1) is 58.8 Å². The predicted octanol–water partition coefficient (Wildman–Crippen LogP) is 8.84. The van der Waals surface area contributed by atoms with Gasteiger partial charge in [-0.25, -0.2) is 4.98 Å². The Balaban J connectivity index is 0.816. The van der Waals surface area contributed by atoms with E-state index in [4.69, 9.17) is 26.4 Å². The first-order valence-corrected chi connectivity index (χ1v) is 24.6. The third-order valence-electron chi connectivity index (χ3n) is 12.5. The quantitative estimate of drug-likeness (QED) is 0.0636. The minimum Gasteiger partial charge on any atom is -0.491 e. The Kier molecular flexibility index (Phi) is 16.5. The molecule has 19 heteroatoms. The van der Waals surface area contributed by atoms with E-state index in [0.29, 0.717) is 37.4 Å². The highest BCUT2D eigenvalue weighted by atomic mass is 32.1. The lowest BCUT2D eigenvalue weighted by molar-refractivity contribution is -0.144. The molecule has 4 amide bonds. The minimum atomic E-state index is -4.80. The molecule has 2 atom stereocenters. The van der Waals surface area contributed by atoms with Crippen molar-refractivity contribution in [1.29, 1.82) is 5.26 Å². The largest absolute Gasteiger partial charge is 0.491 e. The first kappa shape index (κ1) is 53.1. The Morgan fingerprint density at radius 2 is 1.53 bits per heavy atom. The van der Waals surface area contributed by atoms with Gasteiger partial charge in [0.2, 0.25) is 17.7 Å². The zero-order valence-corrected chi connectivity index (χ0v) is 42.4. The maximum absolute atomic E-state index is 13.9. The van der Waals surface area contributed by atoms with Crippen molar-refractivity contribution < 1.29 is 46.6 Å². The number of nitrogens with one attached hydrogen (secondary N) is 2. The maximum Gasteiger partial charge on any atom is 0.417 e. The van der Waals surface area contributed by atoms with Gasteiger partial charge in [-0.1, -0.05) is 69.3 Å². The molecule has 5 aromatic rings. The summed E-state index contributed by atoms with van der Waals surface area (Å²) in [6, 6.07) is 25.7. The number of hydrogen-bond donors (Lipinski definition) is 2. The maximum atomic E-state index is 13.9. The fourth-order valence-electron chi connectivity index (χ4n) is 8.59. The van der Waals surface area contributed by atoms with E-state index in [9.17, 15) is 37.6 Å². The topological polar surface area (TPSA) is 166 Å². The molecule has 0 radical (unpaired) electrons. The van der Waals surface area contributed by atoms with Gasteiger partial charge in [-0.2, -0.15) is 18.4 Å². The van der Waals surface area contributed by atoms with Crippen LogP contribution in [0.3, 0.4) is 0 Å². The number of carbonyl (C=O) groups is 4. The number of benzene rings is 4.